The summed E-state index contributed by atoms with van der Waals surface area (Å²) >= 11 is 1.22. The second-order valence-corrected chi connectivity index (χ2v) is 9.18. The van der Waals surface area contributed by atoms with Crippen LogP contribution in [0.15, 0.2) is 58.8 Å². The molecule has 1 amide bonds. The number of methoxy groups -OCH3 is 1. The number of carbonyl (C=O) groups is 2. The molecule has 1 N–H and O–H groups in total. The van der Waals surface area contributed by atoms with Gasteiger partial charge in [-0.15, -0.1) is 11.3 Å². The van der Waals surface area contributed by atoms with E-state index in [0.717, 1.165) is 0 Å². The van der Waals surface area contributed by atoms with Crippen molar-refractivity contribution in [2.75, 3.05) is 19.1 Å². The Morgan fingerprint density at radius 1 is 1.16 bits per heavy atom. The summed E-state index contributed by atoms with van der Waals surface area (Å²) < 4.78 is 36.7. The minimum absolute atomic E-state index is 0.0423. The first kappa shape index (κ1) is 23.4. The monoisotopic (exact) mass is 475 g/mol. The quantitative estimate of drug-likeness (QED) is 0.498. The van der Waals surface area contributed by atoms with E-state index in [1.54, 1.807) is 29.6 Å². The van der Waals surface area contributed by atoms with E-state index in [1.165, 1.54) is 61.6 Å². The number of nitrogens with zero attached hydrogens (tertiary/aromatic N) is 2. The van der Waals surface area contributed by atoms with Crippen molar-refractivity contribution in [3.05, 3.63) is 65.2 Å². The predicted molar refractivity (Wildman–Crippen MR) is 120 cm³/mol. The van der Waals surface area contributed by atoms with E-state index < -0.39 is 16.0 Å². The van der Waals surface area contributed by atoms with Crippen molar-refractivity contribution < 1.29 is 27.5 Å². The fraction of sp³-hybridized carbons (Fsp3) is 0.190. The molecule has 1 aromatic heterocycles. The van der Waals surface area contributed by atoms with Gasteiger partial charge in [0.1, 0.15) is 12.4 Å². The standard InChI is InChI=1S/C21H21N3O6S2/c1-14(25)24(18-9-4-5-10-19(18)29-3)21-23-16(13-31-21)12-30-20(26)15-7-6-8-17(11-15)32(27,28)22-2/h4-11,13,22H,12H2,1-3H3. The normalized spacial score (nSPS) is 11.1. The van der Waals surface area contributed by atoms with E-state index in [0.29, 0.717) is 22.3 Å². The Labute approximate surface area is 189 Å². The molecule has 0 spiro atoms. The molecule has 0 unspecified atom stereocenters. The summed E-state index contributed by atoms with van der Waals surface area (Å²) in [5.74, 6) is -0.432. The third kappa shape index (κ3) is 5.13. The Hall–Kier alpha value is -3.28. The van der Waals surface area contributed by atoms with Gasteiger partial charge in [-0.25, -0.2) is 22.9 Å². The van der Waals surface area contributed by atoms with Gasteiger partial charge in [0, 0.05) is 12.3 Å². The van der Waals surface area contributed by atoms with Crippen LogP contribution in [0.3, 0.4) is 0 Å². The largest absolute Gasteiger partial charge is 0.495 e. The Balaban J connectivity index is 1.76. The van der Waals surface area contributed by atoms with Crippen LogP contribution < -0.4 is 14.4 Å². The topological polar surface area (TPSA) is 115 Å². The van der Waals surface area contributed by atoms with Gasteiger partial charge < -0.3 is 9.47 Å². The minimum atomic E-state index is -3.68. The van der Waals surface area contributed by atoms with Gasteiger partial charge in [-0.3, -0.25) is 9.69 Å². The Morgan fingerprint density at radius 3 is 2.59 bits per heavy atom. The average Bonchev–Trinajstić information content (AvgIpc) is 3.26. The maximum absolute atomic E-state index is 12.4. The molecule has 0 aliphatic carbocycles. The number of aromatic nitrogens is 1. The lowest BCUT2D eigenvalue weighted by molar-refractivity contribution is -0.115. The van der Waals surface area contributed by atoms with Crippen molar-refractivity contribution in [3.63, 3.8) is 0 Å². The van der Waals surface area contributed by atoms with Crippen molar-refractivity contribution in [3.8, 4) is 5.75 Å². The molecule has 1 heterocycles. The van der Waals surface area contributed by atoms with E-state index in [2.05, 4.69) is 9.71 Å². The van der Waals surface area contributed by atoms with Gasteiger partial charge >= 0.3 is 5.97 Å². The van der Waals surface area contributed by atoms with Crippen LogP contribution in [0.25, 0.3) is 0 Å². The summed E-state index contributed by atoms with van der Waals surface area (Å²) in [4.78, 5) is 30.5. The zero-order chi connectivity index (χ0) is 23.3. The molecule has 0 saturated carbocycles. The summed E-state index contributed by atoms with van der Waals surface area (Å²) in [6, 6.07) is 12.6. The molecule has 0 bridgehead atoms. The van der Waals surface area contributed by atoms with Gasteiger partial charge in [-0.05, 0) is 37.4 Å². The molecule has 32 heavy (non-hydrogen) atoms. The highest BCUT2D eigenvalue weighted by Crippen LogP contribution is 2.35. The fourth-order valence-electron chi connectivity index (χ4n) is 2.82. The molecule has 2 aromatic carbocycles. The second kappa shape index (κ2) is 9.90. The van der Waals surface area contributed by atoms with Gasteiger partial charge in [0.05, 0.1) is 29.0 Å². The van der Waals surface area contributed by atoms with E-state index in [4.69, 9.17) is 9.47 Å². The number of rotatable bonds is 8. The highest BCUT2D eigenvalue weighted by molar-refractivity contribution is 7.89. The van der Waals surface area contributed by atoms with Crippen molar-refractivity contribution in [2.45, 2.75) is 18.4 Å². The molecule has 0 atom stereocenters. The van der Waals surface area contributed by atoms with E-state index >= 15 is 0 Å². The third-order valence-corrected chi connectivity index (χ3v) is 6.66. The smallest absolute Gasteiger partial charge is 0.338 e. The maximum atomic E-state index is 12.4. The van der Waals surface area contributed by atoms with Crippen LogP contribution in [0.4, 0.5) is 10.8 Å². The van der Waals surface area contributed by atoms with E-state index in [-0.39, 0.29) is 23.0 Å². The number of hydrogen-bond donors (Lipinski definition) is 1. The molecule has 0 fully saturated rings. The number of carbonyl (C=O) groups excluding carboxylic acids is 2. The first-order chi connectivity index (χ1) is 15.3. The van der Waals surface area contributed by atoms with Crippen LogP contribution in [-0.4, -0.2) is 39.4 Å². The van der Waals surface area contributed by atoms with Gasteiger partial charge in [0.2, 0.25) is 15.9 Å². The number of benzene rings is 2. The average molecular weight is 476 g/mol. The number of sulfonamides is 1. The molecule has 0 radical (unpaired) electrons. The number of amides is 1. The molecule has 168 valence electrons. The summed E-state index contributed by atoms with van der Waals surface area (Å²) in [5.41, 5.74) is 1.08. The van der Waals surface area contributed by atoms with Crippen LogP contribution in [-0.2, 0) is 26.2 Å². The summed E-state index contributed by atoms with van der Waals surface area (Å²) in [6.07, 6.45) is 0. The van der Waals surface area contributed by atoms with Gasteiger partial charge in [-0.1, -0.05) is 18.2 Å². The predicted octanol–water partition coefficient (Wildman–Crippen LogP) is 3.10. The Morgan fingerprint density at radius 2 is 1.91 bits per heavy atom. The lowest BCUT2D eigenvalue weighted by Crippen LogP contribution is -2.23. The number of thiazole rings is 1. The first-order valence-corrected chi connectivity index (χ1v) is 11.7. The lowest BCUT2D eigenvalue weighted by Gasteiger charge is -2.20. The maximum Gasteiger partial charge on any atom is 0.338 e. The Kier molecular flexibility index (Phi) is 7.23. The van der Waals surface area contributed by atoms with Gasteiger partial charge in [0.25, 0.3) is 0 Å². The summed E-state index contributed by atoms with van der Waals surface area (Å²) in [5, 5.41) is 2.07. The van der Waals surface area contributed by atoms with Crippen molar-refractivity contribution in [1.82, 2.24) is 9.71 Å². The number of esters is 1. The van der Waals surface area contributed by atoms with Gasteiger partial charge in [0.15, 0.2) is 5.13 Å². The molecule has 11 heteroatoms. The van der Waals surface area contributed by atoms with E-state index in [9.17, 15) is 18.0 Å². The van der Waals surface area contributed by atoms with Crippen LogP contribution in [0, 0.1) is 0 Å². The van der Waals surface area contributed by atoms with Crippen LogP contribution >= 0.6 is 11.3 Å². The third-order valence-electron chi connectivity index (χ3n) is 4.37. The second-order valence-electron chi connectivity index (χ2n) is 6.46. The van der Waals surface area contributed by atoms with E-state index in [1.807, 2.05) is 0 Å². The zero-order valence-electron chi connectivity index (χ0n) is 17.6. The minimum Gasteiger partial charge on any atom is -0.495 e. The SMILES string of the molecule is CNS(=O)(=O)c1cccc(C(=O)OCc2csc(N(C(C)=O)c3ccccc3OC)n2)c1. The van der Waals surface area contributed by atoms with Crippen LogP contribution in [0.2, 0.25) is 0 Å². The summed E-state index contributed by atoms with van der Waals surface area (Å²) in [6.45, 7) is 1.27. The van der Waals surface area contributed by atoms with Crippen LogP contribution in [0.5, 0.6) is 5.75 Å². The van der Waals surface area contributed by atoms with Crippen molar-refractivity contribution in [1.29, 1.82) is 0 Å². The molecule has 3 rings (SSSR count). The molecule has 9 nitrogen and oxygen atoms in total. The van der Waals surface area contributed by atoms with Crippen molar-refractivity contribution in [2.24, 2.45) is 0 Å². The van der Waals surface area contributed by atoms with Crippen molar-refractivity contribution >= 4 is 44.1 Å². The van der Waals surface area contributed by atoms with Crippen LogP contribution in [0.1, 0.15) is 23.0 Å². The first-order valence-electron chi connectivity index (χ1n) is 9.35. The van der Waals surface area contributed by atoms with Gasteiger partial charge in [-0.2, -0.15) is 0 Å². The molecule has 0 aliphatic heterocycles. The molecular weight excluding hydrogens is 454 g/mol. The molecule has 0 saturated heterocycles. The lowest BCUT2D eigenvalue weighted by atomic mass is 10.2. The summed E-state index contributed by atoms with van der Waals surface area (Å²) in [7, 11) is -0.882. The molecule has 3 aromatic rings. The highest BCUT2D eigenvalue weighted by atomic mass is 32.2. The fourth-order valence-corrected chi connectivity index (χ4v) is 4.46. The molecule has 0 aliphatic rings. The number of nitrogens with one attached hydrogen (secondary N) is 1. The Bertz CT molecular complexity index is 1240. The zero-order valence-corrected chi connectivity index (χ0v) is 19.2. The number of para-hydroxylation sites is 2. The number of ether oxygens (including phenoxy) is 2. The molecular formula is C21H21N3O6S2. The number of anilines is 2. The highest BCUT2D eigenvalue weighted by Gasteiger charge is 2.22. The number of hydrogen-bond acceptors (Lipinski definition) is 8.